The molecule has 0 spiro atoms. The van der Waals surface area contributed by atoms with Crippen LogP contribution in [0.3, 0.4) is 0 Å². The molecular weight excluding hydrogens is 326 g/mol. The third kappa shape index (κ3) is 2.84. The highest BCUT2D eigenvalue weighted by Crippen LogP contribution is 2.21. The van der Waals surface area contributed by atoms with Gasteiger partial charge in [-0.15, -0.1) is 10.2 Å². The molecule has 1 N–H and O–H groups in total. The Balaban J connectivity index is 1.49. The molecule has 1 amide bonds. The molecule has 0 unspecified atom stereocenters. The quantitative estimate of drug-likeness (QED) is 0.611. The minimum atomic E-state index is -0.257. The number of nitrogens with zero attached hydrogens (tertiary/aromatic N) is 6. The summed E-state index contributed by atoms with van der Waals surface area (Å²) in [7, 11) is 0. The van der Waals surface area contributed by atoms with Crippen molar-refractivity contribution in [2.24, 2.45) is 0 Å². The van der Waals surface area contributed by atoms with E-state index in [1.807, 2.05) is 42.5 Å². The number of fused-ring (bicyclic) bond motifs is 1. The van der Waals surface area contributed by atoms with Gasteiger partial charge in [0.15, 0.2) is 0 Å². The van der Waals surface area contributed by atoms with E-state index in [1.54, 1.807) is 6.07 Å². The molecule has 0 fully saturated rings. The zero-order valence-corrected chi connectivity index (χ0v) is 13.1. The molecule has 4 rings (SSSR count). The molecule has 118 valence electrons. The Kier molecular flexibility index (Phi) is 3.67. The Bertz CT molecular complexity index is 995. The number of aromatic nitrogens is 6. The van der Waals surface area contributed by atoms with Crippen molar-refractivity contribution in [3.05, 3.63) is 48.5 Å². The lowest BCUT2D eigenvalue weighted by Gasteiger charge is -2.04. The summed E-state index contributed by atoms with van der Waals surface area (Å²) in [6.45, 7) is -0.0339. The fraction of sp³-hybridized carbons (Fsp3) is 0.0667. The fourth-order valence-corrected chi connectivity index (χ4v) is 2.79. The van der Waals surface area contributed by atoms with Crippen LogP contribution < -0.4 is 5.32 Å². The first-order chi connectivity index (χ1) is 11.8. The molecule has 2 aromatic heterocycles. The van der Waals surface area contributed by atoms with Crippen molar-refractivity contribution in [1.82, 2.24) is 29.0 Å². The third-order valence-electron chi connectivity index (χ3n) is 3.33. The number of anilines is 1. The topological polar surface area (TPSA) is 98.5 Å². The monoisotopic (exact) mass is 337 g/mol. The van der Waals surface area contributed by atoms with Gasteiger partial charge in [0.25, 0.3) is 0 Å². The van der Waals surface area contributed by atoms with Gasteiger partial charge in [0.05, 0.1) is 17.4 Å². The Hall–Kier alpha value is -3.20. The Morgan fingerprint density at radius 1 is 1.08 bits per heavy atom. The molecular formula is C15H11N7OS. The number of rotatable bonds is 4. The van der Waals surface area contributed by atoms with Crippen LogP contribution >= 0.6 is 11.7 Å². The molecule has 0 atom stereocenters. The molecule has 0 aliphatic rings. The highest BCUT2D eigenvalue weighted by atomic mass is 32.1. The predicted octanol–water partition coefficient (Wildman–Crippen LogP) is 1.98. The molecule has 8 nitrogen and oxygen atoms in total. The minimum Gasteiger partial charge on any atom is -0.322 e. The van der Waals surface area contributed by atoms with E-state index in [4.69, 9.17) is 0 Å². The summed E-state index contributed by atoms with van der Waals surface area (Å²) in [5, 5.41) is 14.9. The molecule has 0 saturated carbocycles. The van der Waals surface area contributed by atoms with Gasteiger partial charge in [-0.3, -0.25) is 4.79 Å². The molecule has 2 aromatic carbocycles. The van der Waals surface area contributed by atoms with Gasteiger partial charge in [0.2, 0.25) is 11.7 Å². The number of nitrogens with one attached hydrogen (secondary N) is 1. The third-order valence-corrected chi connectivity index (χ3v) is 3.87. The van der Waals surface area contributed by atoms with E-state index in [2.05, 4.69) is 29.5 Å². The van der Waals surface area contributed by atoms with Crippen LogP contribution in [-0.2, 0) is 11.3 Å². The first-order valence-electron chi connectivity index (χ1n) is 7.14. The van der Waals surface area contributed by atoms with Crippen LogP contribution in [0.1, 0.15) is 0 Å². The van der Waals surface area contributed by atoms with Crippen LogP contribution in [0.2, 0.25) is 0 Å². The van der Waals surface area contributed by atoms with Crippen molar-refractivity contribution in [1.29, 1.82) is 0 Å². The maximum absolute atomic E-state index is 12.2. The van der Waals surface area contributed by atoms with E-state index >= 15 is 0 Å². The molecule has 24 heavy (non-hydrogen) atoms. The van der Waals surface area contributed by atoms with E-state index in [0.29, 0.717) is 17.0 Å². The van der Waals surface area contributed by atoms with E-state index in [0.717, 1.165) is 22.8 Å². The van der Waals surface area contributed by atoms with Crippen molar-refractivity contribution >= 4 is 34.4 Å². The minimum absolute atomic E-state index is 0.0339. The molecule has 2 heterocycles. The average Bonchev–Trinajstić information content (AvgIpc) is 3.25. The molecule has 4 aromatic rings. The zero-order valence-electron chi connectivity index (χ0n) is 12.3. The van der Waals surface area contributed by atoms with Crippen molar-refractivity contribution in [3.8, 4) is 11.4 Å². The second kappa shape index (κ2) is 6.13. The summed E-state index contributed by atoms with van der Waals surface area (Å²) in [4.78, 5) is 13.5. The van der Waals surface area contributed by atoms with Gasteiger partial charge in [-0.25, -0.2) is 0 Å². The number of carbonyl (C=O) groups is 1. The lowest BCUT2D eigenvalue weighted by atomic mass is 10.2. The van der Waals surface area contributed by atoms with Gasteiger partial charge >= 0.3 is 0 Å². The molecule has 9 heteroatoms. The summed E-state index contributed by atoms with van der Waals surface area (Å²) >= 11 is 1.11. The predicted molar refractivity (Wildman–Crippen MR) is 89.3 cm³/mol. The number of carbonyl (C=O) groups excluding carboxylic acids is 1. The number of hydrogen-bond acceptors (Lipinski definition) is 7. The van der Waals surface area contributed by atoms with Crippen molar-refractivity contribution in [3.63, 3.8) is 0 Å². The summed E-state index contributed by atoms with van der Waals surface area (Å²) in [6.07, 6.45) is 0. The lowest BCUT2D eigenvalue weighted by molar-refractivity contribution is -0.117. The first-order valence-corrected chi connectivity index (χ1v) is 7.87. The van der Waals surface area contributed by atoms with Gasteiger partial charge in [0.1, 0.15) is 17.6 Å². The zero-order chi connectivity index (χ0) is 16.4. The summed E-state index contributed by atoms with van der Waals surface area (Å²) in [5.74, 6) is 0.224. The Morgan fingerprint density at radius 3 is 2.83 bits per heavy atom. The lowest BCUT2D eigenvalue weighted by Crippen LogP contribution is -2.20. The van der Waals surface area contributed by atoms with Crippen LogP contribution in [0.5, 0.6) is 0 Å². The smallest absolute Gasteiger partial charge is 0.248 e. The van der Waals surface area contributed by atoms with Crippen LogP contribution in [-0.4, -0.2) is 34.9 Å². The second-order valence-corrected chi connectivity index (χ2v) is 5.52. The van der Waals surface area contributed by atoms with Gasteiger partial charge in [0, 0.05) is 5.56 Å². The van der Waals surface area contributed by atoms with Gasteiger partial charge in [-0.05, 0) is 17.3 Å². The van der Waals surface area contributed by atoms with Crippen molar-refractivity contribution in [2.75, 3.05) is 5.32 Å². The average molecular weight is 337 g/mol. The van der Waals surface area contributed by atoms with E-state index < -0.39 is 0 Å². The first kappa shape index (κ1) is 14.4. The van der Waals surface area contributed by atoms with Crippen molar-refractivity contribution in [2.45, 2.75) is 6.54 Å². The summed E-state index contributed by atoms with van der Waals surface area (Å²) in [5.41, 5.74) is 2.90. The van der Waals surface area contributed by atoms with E-state index in [9.17, 15) is 4.79 Å². The molecule has 0 bridgehead atoms. The normalized spacial score (nSPS) is 10.8. The molecule has 0 aliphatic heterocycles. The maximum Gasteiger partial charge on any atom is 0.248 e. The number of hydrogen-bond donors (Lipinski definition) is 1. The maximum atomic E-state index is 12.2. The molecule has 0 aliphatic carbocycles. The van der Waals surface area contributed by atoms with E-state index in [1.165, 1.54) is 4.80 Å². The van der Waals surface area contributed by atoms with Gasteiger partial charge < -0.3 is 5.32 Å². The molecule has 0 radical (unpaired) electrons. The molecule has 0 saturated heterocycles. The van der Waals surface area contributed by atoms with Crippen LogP contribution in [0.4, 0.5) is 5.69 Å². The Morgan fingerprint density at radius 2 is 1.96 bits per heavy atom. The van der Waals surface area contributed by atoms with Gasteiger partial charge in [-0.1, -0.05) is 36.4 Å². The number of tetrazole rings is 1. The highest BCUT2D eigenvalue weighted by Gasteiger charge is 2.11. The fourth-order valence-electron chi connectivity index (χ4n) is 2.24. The number of benzene rings is 2. The highest BCUT2D eigenvalue weighted by molar-refractivity contribution is 7.00. The van der Waals surface area contributed by atoms with Crippen LogP contribution in [0, 0.1) is 0 Å². The standard InChI is InChI=1S/C15H11N7OS/c23-13(16-11-7-4-8-12-14(11)20-24-19-12)9-22-18-15(17-21-22)10-5-2-1-3-6-10/h1-8H,9H2,(H,16,23). The summed E-state index contributed by atoms with van der Waals surface area (Å²) < 4.78 is 8.33. The summed E-state index contributed by atoms with van der Waals surface area (Å²) in [6, 6.07) is 14.9. The number of amides is 1. The second-order valence-electron chi connectivity index (χ2n) is 5.00. The van der Waals surface area contributed by atoms with E-state index in [-0.39, 0.29) is 12.5 Å². The SMILES string of the molecule is O=C(Cn1nnc(-c2ccccc2)n1)Nc1cccc2nsnc12. The van der Waals surface area contributed by atoms with Crippen LogP contribution in [0.25, 0.3) is 22.4 Å². The van der Waals surface area contributed by atoms with Gasteiger partial charge in [-0.2, -0.15) is 13.5 Å². The van der Waals surface area contributed by atoms with Crippen molar-refractivity contribution < 1.29 is 4.79 Å². The Labute approximate surface area is 140 Å². The van der Waals surface area contributed by atoms with Crippen LogP contribution in [0.15, 0.2) is 48.5 Å². The largest absolute Gasteiger partial charge is 0.322 e.